The van der Waals surface area contributed by atoms with Crippen molar-refractivity contribution in [3.05, 3.63) is 66.0 Å². The highest BCUT2D eigenvalue weighted by Crippen LogP contribution is 2.06. The molecule has 2 aromatic rings. The van der Waals surface area contributed by atoms with Gasteiger partial charge in [-0.05, 0) is 23.6 Å². The van der Waals surface area contributed by atoms with Crippen LogP contribution in [0, 0.1) is 0 Å². The summed E-state index contributed by atoms with van der Waals surface area (Å²) >= 11 is 0. The van der Waals surface area contributed by atoms with E-state index in [1.54, 1.807) is 6.20 Å². The molecular weight excluding hydrogens is 182 g/mol. The van der Waals surface area contributed by atoms with E-state index < -0.39 is 0 Å². The van der Waals surface area contributed by atoms with Crippen molar-refractivity contribution in [3.63, 3.8) is 0 Å². The van der Waals surface area contributed by atoms with Gasteiger partial charge in [0.05, 0.1) is 0 Å². The van der Waals surface area contributed by atoms with E-state index in [4.69, 9.17) is 0 Å². The van der Waals surface area contributed by atoms with E-state index in [1.807, 2.05) is 32.2 Å². The van der Waals surface area contributed by atoms with Crippen LogP contribution in [-0.4, -0.2) is 4.98 Å². The Kier molecular flexibility index (Phi) is 5.16. The predicted octanol–water partition coefficient (Wildman–Crippen LogP) is 3.70. The standard InChI is InChI=1S/C12H11N.C2H6/c1-2-5-11(6-3-1)9-12-7-4-8-13-10-12;1-2/h1-8,10H,9H2;1-2H3. The van der Waals surface area contributed by atoms with Crippen molar-refractivity contribution in [2.75, 3.05) is 0 Å². The fourth-order valence-corrected chi connectivity index (χ4v) is 1.33. The van der Waals surface area contributed by atoms with Crippen LogP contribution in [0.15, 0.2) is 54.9 Å². The Hall–Kier alpha value is -1.63. The molecule has 78 valence electrons. The van der Waals surface area contributed by atoms with Crippen LogP contribution in [0.5, 0.6) is 0 Å². The minimum Gasteiger partial charge on any atom is -0.264 e. The molecule has 0 bridgehead atoms. The zero-order valence-corrected chi connectivity index (χ0v) is 9.35. The molecule has 1 heteroatoms. The number of nitrogens with zero attached hydrogens (tertiary/aromatic N) is 1. The third-order valence-corrected chi connectivity index (χ3v) is 1.97. The highest BCUT2D eigenvalue weighted by Gasteiger charge is 1.93. The van der Waals surface area contributed by atoms with E-state index in [-0.39, 0.29) is 0 Å². The second-order valence-electron chi connectivity index (χ2n) is 3.02. The molecule has 0 fully saturated rings. The van der Waals surface area contributed by atoms with E-state index in [1.165, 1.54) is 11.1 Å². The van der Waals surface area contributed by atoms with E-state index >= 15 is 0 Å². The minimum atomic E-state index is 0.967. The van der Waals surface area contributed by atoms with Gasteiger partial charge in [0.2, 0.25) is 0 Å². The van der Waals surface area contributed by atoms with Gasteiger partial charge in [-0.3, -0.25) is 4.98 Å². The van der Waals surface area contributed by atoms with Crippen LogP contribution in [0.25, 0.3) is 0 Å². The number of hydrogen-bond acceptors (Lipinski definition) is 1. The second kappa shape index (κ2) is 6.77. The topological polar surface area (TPSA) is 12.9 Å². The Morgan fingerprint density at radius 3 is 2.13 bits per heavy atom. The molecule has 0 spiro atoms. The fourth-order valence-electron chi connectivity index (χ4n) is 1.33. The Morgan fingerprint density at radius 1 is 0.867 bits per heavy atom. The summed E-state index contributed by atoms with van der Waals surface area (Å²) in [5.41, 5.74) is 2.59. The summed E-state index contributed by atoms with van der Waals surface area (Å²) < 4.78 is 0. The maximum absolute atomic E-state index is 4.08. The van der Waals surface area contributed by atoms with Crippen LogP contribution in [-0.2, 0) is 6.42 Å². The molecule has 0 atom stereocenters. The fraction of sp³-hybridized carbons (Fsp3) is 0.214. The van der Waals surface area contributed by atoms with Crippen LogP contribution < -0.4 is 0 Å². The van der Waals surface area contributed by atoms with E-state index in [2.05, 4.69) is 35.3 Å². The number of benzene rings is 1. The molecule has 15 heavy (non-hydrogen) atoms. The monoisotopic (exact) mass is 199 g/mol. The first-order valence-corrected chi connectivity index (χ1v) is 5.38. The third kappa shape index (κ3) is 3.94. The van der Waals surface area contributed by atoms with Crippen LogP contribution in [0.3, 0.4) is 0 Å². The summed E-state index contributed by atoms with van der Waals surface area (Å²) in [4.78, 5) is 4.08. The number of rotatable bonds is 2. The molecule has 0 saturated heterocycles. The maximum atomic E-state index is 4.08. The third-order valence-electron chi connectivity index (χ3n) is 1.97. The molecule has 0 aliphatic heterocycles. The average molecular weight is 199 g/mol. The molecule has 0 unspecified atom stereocenters. The summed E-state index contributed by atoms with van der Waals surface area (Å²) in [6, 6.07) is 14.5. The Bertz CT molecular complexity index is 316. The van der Waals surface area contributed by atoms with Crippen molar-refractivity contribution in [1.82, 2.24) is 4.98 Å². The van der Waals surface area contributed by atoms with Gasteiger partial charge in [-0.1, -0.05) is 50.2 Å². The molecule has 1 heterocycles. The largest absolute Gasteiger partial charge is 0.264 e. The van der Waals surface area contributed by atoms with Crippen LogP contribution in [0.1, 0.15) is 25.0 Å². The van der Waals surface area contributed by atoms with Gasteiger partial charge in [-0.2, -0.15) is 0 Å². The summed E-state index contributed by atoms with van der Waals surface area (Å²) in [7, 11) is 0. The van der Waals surface area contributed by atoms with Crippen molar-refractivity contribution in [1.29, 1.82) is 0 Å². The summed E-state index contributed by atoms with van der Waals surface area (Å²) in [6.07, 6.45) is 4.68. The van der Waals surface area contributed by atoms with Gasteiger partial charge >= 0.3 is 0 Å². The quantitative estimate of drug-likeness (QED) is 0.718. The molecule has 1 nitrogen and oxygen atoms in total. The molecular formula is C14H17N. The lowest BCUT2D eigenvalue weighted by atomic mass is 10.1. The molecule has 0 N–H and O–H groups in total. The van der Waals surface area contributed by atoms with Crippen LogP contribution >= 0.6 is 0 Å². The van der Waals surface area contributed by atoms with Crippen LogP contribution in [0.4, 0.5) is 0 Å². The predicted molar refractivity (Wildman–Crippen MR) is 64.8 cm³/mol. The SMILES string of the molecule is CC.c1ccc(Cc2cccnc2)cc1. The molecule has 1 aromatic heterocycles. The van der Waals surface area contributed by atoms with E-state index in [0.717, 1.165) is 6.42 Å². The van der Waals surface area contributed by atoms with Crippen molar-refractivity contribution >= 4 is 0 Å². The lowest BCUT2D eigenvalue weighted by Gasteiger charge is -1.99. The van der Waals surface area contributed by atoms with Crippen molar-refractivity contribution in [2.24, 2.45) is 0 Å². The molecule has 0 radical (unpaired) electrons. The zero-order chi connectivity index (χ0) is 10.9. The Balaban J connectivity index is 0.000000531. The van der Waals surface area contributed by atoms with Gasteiger partial charge in [0.1, 0.15) is 0 Å². The van der Waals surface area contributed by atoms with Gasteiger partial charge in [-0.25, -0.2) is 0 Å². The van der Waals surface area contributed by atoms with E-state index in [0.29, 0.717) is 0 Å². The highest BCUT2D eigenvalue weighted by atomic mass is 14.6. The Morgan fingerprint density at radius 2 is 1.53 bits per heavy atom. The van der Waals surface area contributed by atoms with Gasteiger partial charge in [0.15, 0.2) is 0 Å². The molecule has 2 rings (SSSR count). The second-order valence-corrected chi connectivity index (χ2v) is 3.02. The average Bonchev–Trinajstić information content (AvgIpc) is 2.34. The normalized spacial score (nSPS) is 8.93. The maximum Gasteiger partial charge on any atom is 0.0303 e. The smallest absolute Gasteiger partial charge is 0.0303 e. The van der Waals surface area contributed by atoms with E-state index in [9.17, 15) is 0 Å². The number of pyridine rings is 1. The van der Waals surface area contributed by atoms with Crippen molar-refractivity contribution in [2.45, 2.75) is 20.3 Å². The first-order valence-electron chi connectivity index (χ1n) is 5.38. The van der Waals surface area contributed by atoms with Crippen LogP contribution in [0.2, 0.25) is 0 Å². The first kappa shape index (κ1) is 11.4. The van der Waals surface area contributed by atoms with Crippen molar-refractivity contribution in [3.8, 4) is 0 Å². The molecule has 1 aromatic carbocycles. The summed E-state index contributed by atoms with van der Waals surface area (Å²) in [5, 5.41) is 0. The number of hydrogen-bond donors (Lipinski definition) is 0. The summed E-state index contributed by atoms with van der Waals surface area (Å²) in [6.45, 7) is 4.00. The highest BCUT2D eigenvalue weighted by molar-refractivity contribution is 5.23. The lowest BCUT2D eigenvalue weighted by molar-refractivity contribution is 1.15. The Labute approximate surface area is 91.8 Å². The van der Waals surface area contributed by atoms with Crippen molar-refractivity contribution < 1.29 is 0 Å². The van der Waals surface area contributed by atoms with Gasteiger partial charge in [0.25, 0.3) is 0 Å². The minimum absolute atomic E-state index is 0.967. The lowest BCUT2D eigenvalue weighted by Crippen LogP contribution is -1.87. The first-order chi connectivity index (χ1) is 7.45. The van der Waals surface area contributed by atoms with Gasteiger partial charge in [-0.15, -0.1) is 0 Å². The van der Waals surface area contributed by atoms with Gasteiger partial charge < -0.3 is 0 Å². The molecule has 0 aliphatic rings. The summed E-state index contributed by atoms with van der Waals surface area (Å²) in [5.74, 6) is 0. The molecule has 0 aliphatic carbocycles. The zero-order valence-electron chi connectivity index (χ0n) is 9.35. The number of aromatic nitrogens is 1. The molecule has 0 saturated carbocycles. The molecule has 0 amide bonds. The van der Waals surface area contributed by atoms with Gasteiger partial charge in [0, 0.05) is 12.4 Å².